The van der Waals surface area contributed by atoms with E-state index in [9.17, 15) is 34.6 Å². The zero-order chi connectivity index (χ0) is 29.4. The lowest BCUT2D eigenvalue weighted by Crippen LogP contribution is -2.70. The molecule has 212 valence electrons. The van der Waals surface area contributed by atoms with Crippen LogP contribution in [0, 0.1) is 0 Å². The van der Waals surface area contributed by atoms with Gasteiger partial charge in [-0.2, -0.15) is 4.73 Å². The lowest BCUT2D eigenvalue weighted by atomic mass is 10.0. The second-order valence-corrected chi connectivity index (χ2v) is 10.6. The minimum atomic E-state index is -1.27. The summed E-state index contributed by atoms with van der Waals surface area (Å²) in [5.74, 6) is -2.76. The van der Waals surface area contributed by atoms with Gasteiger partial charge in [-0.3, -0.25) is 19.3 Å². The number of ether oxygens (including phenoxy) is 1. The van der Waals surface area contributed by atoms with Crippen molar-refractivity contribution in [2.45, 2.75) is 18.0 Å². The summed E-state index contributed by atoms with van der Waals surface area (Å²) in [5.41, 5.74) is 5.39. The van der Waals surface area contributed by atoms with Gasteiger partial charge in [0, 0.05) is 23.3 Å². The highest BCUT2D eigenvalue weighted by Gasteiger charge is 2.54. The summed E-state index contributed by atoms with van der Waals surface area (Å²) in [4.78, 5) is 54.8. The number of aromatic nitrogens is 3. The van der Waals surface area contributed by atoms with E-state index in [0.29, 0.717) is 16.1 Å². The number of carboxylic acids is 1. The molecule has 1 saturated heterocycles. The first-order valence-corrected chi connectivity index (χ1v) is 13.5. The van der Waals surface area contributed by atoms with Gasteiger partial charge in [0.15, 0.2) is 16.6 Å². The van der Waals surface area contributed by atoms with Crippen molar-refractivity contribution >= 4 is 51.6 Å². The van der Waals surface area contributed by atoms with Crippen molar-refractivity contribution in [3.8, 4) is 17.1 Å². The molecular formula is C24H20N6O9S2. The fourth-order valence-electron chi connectivity index (χ4n) is 4.07. The molecule has 0 unspecified atom stereocenters. The molecule has 5 heterocycles. The molecule has 6 N–H and O–H groups in total. The first-order chi connectivity index (χ1) is 19.6. The molecule has 2 aliphatic rings. The van der Waals surface area contributed by atoms with Gasteiger partial charge in [-0.1, -0.05) is 17.8 Å². The van der Waals surface area contributed by atoms with Gasteiger partial charge in [0.2, 0.25) is 5.43 Å². The number of hydrogen-bond acceptors (Lipinski definition) is 13. The van der Waals surface area contributed by atoms with Crippen LogP contribution in [0.15, 0.2) is 63.2 Å². The number of nitrogens with zero attached hydrogens (tertiary/aromatic N) is 4. The van der Waals surface area contributed by atoms with E-state index in [1.54, 1.807) is 0 Å². The number of allylic oxidation sites excluding steroid dienone is 1. The Bertz CT molecular complexity index is 1700. The molecule has 0 aromatic carbocycles. The van der Waals surface area contributed by atoms with Crippen LogP contribution in [0.5, 0.6) is 5.75 Å². The quantitative estimate of drug-likeness (QED) is 0.100. The number of anilines is 1. The SMILES string of the molecule is C=CC1=C(C(=O)O)N2C(=O)[C@@H](NC(=O)/C(=C\OCc3cc(-c4cc(=O)c(O)cn4O)no3)c3csc(N)n3)[C@H]2SC1. The van der Waals surface area contributed by atoms with Crippen molar-refractivity contribution in [3.05, 3.63) is 75.6 Å². The topological polar surface area (TPSA) is 223 Å². The van der Waals surface area contributed by atoms with Gasteiger partial charge < -0.3 is 35.7 Å². The molecular weight excluding hydrogens is 580 g/mol. The number of carboxylic acid groups (broad SMARTS) is 1. The number of aromatic hydroxyl groups is 1. The van der Waals surface area contributed by atoms with Crippen molar-refractivity contribution in [2.75, 3.05) is 11.5 Å². The molecule has 3 aromatic heterocycles. The maximum Gasteiger partial charge on any atom is 0.352 e. The number of nitrogens with two attached hydrogens (primary N) is 1. The molecule has 2 amide bonds. The smallest absolute Gasteiger partial charge is 0.352 e. The summed E-state index contributed by atoms with van der Waals surface area (Å²) in [6, 6.07) is 1.35. The minimum Gasteiger partial charge on any atom is -0.503 e. The molecule has 3 aromatic rings. The summed E-state index contributed by atoms with van der Waals surface area (Å²) in [5, 5.41) is 36.4. The highest BCUT2D eigenvalue weighted by Crippen LogP contribution is 2.40. The van der Waals surface area contributed by atoms with Crippen LogP contribution in [0.1, 0.15) is 11.5 Å². The Morgan fingerprint density at radius 2 is 2.12 bits per heavy atom. The maximum absolute atomic E-state index is 13.3. The van der Waals surface area contributed by atoms with E-state index in [0.717, 1.165) is 34.8 Å². The third-order valence-electron chi connectivity index (χ3n) is 6.04. The molecule has 2 aliphatic heterocycles. The predicted molar refractivity (Wildman–Crippen MR) is 144 cm³/mol. The molecule has 0 bridgehead atoms. The number of amides is 2. The van der Waals surface area contributed by atoms with E-state index in [1.165, 1.54) is 29.3 Å². The summed E-state index contributed by atoms with van der Waals surface area (Å²) >= 11 is 2.37. The molecule has 0 saturated carbocycles. The highest BCUT2D eigenvalue weighted by molar-refractivity contribution is 8.00. The molecule has 2 atom stereocenters. The van der Waals surface area contributed by atoms with Crippen LogP contribution >= 0.6 is 23.1 Å². The lowest BCUT2D eigenvalue weighted by Gasteiger charge is -2.49. The van der Waals surface area contributed by atoms with Gasteiger partial charge in [-0.05, 0) is 5.57 Å². The number of fused-ring (bicyclic) bond motifs is 1. The van der Waals surface area contributed by atoms with Gasteiger partial charge in [0.05, 0.1) is 18.2 Å². The van der Waals surface area contributed by atoms with E-state index in [1.807, 2.05) is 0 Å². The third kappa shape index (κ3) is 5.14. The molecule has 0 aliphatic carbocycles. The number of nitrogens with one attached hydrogen (secondary N) is 1. The Hall–Kier alpha value is -5.03. The van der Waals surface area contributed by atoms with E-state index < -0.39 is 40.4 Å². The largest absolute Gasteiger partial charge is 0.503 e. The molecule has 0 radical (unpaired) electrons. The van der Waals surface area contributed by atoms with Crippen LogP contribution < -0.4 is 16.5 Å². The van der Waals surface area contributed by atoms with E-state index in [2.05, 4.69) is 22.0 Å². The van der Waals surface area contributed by atoms with Gasteiger partial charge in [0.1, 0.15) is 40.7 Å². The number of nitrogen functional groups attached to an aromatic ring is 1. The maximum atomic E-state index is 13.3. The van der Waals surface area contributed by atoms with Crippen LogP contribution in [0.4, 0.5) is 5.13 Å². The predicted octanol–water partition coefficient (Wildman–Crippen LogP) is 0.967. The van der Waals surface area contributed by atoms with Crippen molar-refractivity contribution in [1.82, 2.24) is 25.1 Å². The van der Waals surface area contributed by atoms with Crippen LogP contribution in [-0.2, 0) is 25.7 Å². The number of thioether (sulfide) groups is 1. The van der Waals surface area contributed by atoms with Crippen LogP contribution in [0.2, 0.25) is 0 Å². The van der Waals surface area contributed by atoms with E-state index in [4.69, 9.17) is 15.0 Å². The Morgan fingerprint density at radius 1 is 1.34 bits per heavy atom. The molecule has 1 fully saturated rings. The van der Waals surface area contributed by atoms with Crippen molar-refractivity contribution < 1.29 is 39.1 Å². The summed E-state index contributed by atoms with van der Waals surface area (Å²) < 4.78 is 11.2. The van der Waals surface area contributed by atoms with Gasteiger partial charge in [-0.25, -0.2) is 9.78 Å². The molecule has 15 nitrogen and oxygen atoms in total. The number of carbonyl (C=O) groups is 3. The molecule has 17 heteroatoms. The standard InChI is InChI=1S/C24H20N6O9S2/c1-2-10-8-40-22-18(21(34)30(22)19(10)23(35)36)27-20(33)12(14-9-41-24(25)26-14)7-38-6-11-3-13(28-39-11)15-4-16(31)17(32)5-29(15)37/h2-5,7,9,18,22,32,37H,1,6,8H2,(H2,25,26)(H,27,33)(H,35,36)/b12-7-/t18-,22-/m1/s1. The highest BCUT2D eigenvalue weighted by atomic mass is 32.2. The number of β-lactam (4-membered cyclic amide) rings is 1. The second-order valence-electron chi connectivity index (χ2n) is 8.59. The van der Waals surface area contributed by atoms with Crippen molar-refractivity contribution in [1.29, 1.82) is 0 Å². The summed E-state index contributed by atoms with van der Waals surface area (Å²) in [6.45, 7) is 3.37. The zero-order valence-corrected chi connectivity index (χ0v) is 22.3. The normalized spacial score (nSPS) is 18.5. The van der Waals surface area contributed by atoms with E-state index >= 15 is 0 Å². The molecule has 5 rings (SSSR count). The number of rotatable bonds is 9. The first kappa shape index (κ1) is 27.5. The summed E-state index contributed by atoms with van der Waals surface area (Å²) in [6.07, 6.45) is 3.30. The fourth-order valence-corrected chi connectivity index (χ4v) is 5.98. The molecule has 0 spiro atoms. The van der Waals surface area contributed by atoms with Crippen molar-refractivity contribution in [3.63, 3.8) is 0 Å². The Balaban J connectivity index is 1.31. The van der Waals surface area contributed by atoms with Crippen LogP contribution in [0.25, 0.3) is 17.0 Å². The number of pyridine rings is 1. The Morgan fingerprint density at radius 3 is 2.80 bits per heavy atom. The van der Waals surface area contributed by atoms with Crippen LogP contribution in [-0.4, -0.2) is 70.1 Å². The third-order valence-corrected chi connectivity index (χ3v) is 8.01. The van der Waals surface area contributed by atoms with Gasteiger partial charge >= 0.3 is 5.97 Å². The average Bonchev–Trinajstić information content (AvgIpc) is 3.59. The van der Waals surface area contributed by atoms with Crippen LogP contribution in [0.3, 0.4) is 0 Å². The van der Waals surface area contributed by atoms with E-state index in [-0.39, 0.29) is 45.9 Å². The lowest BCUT2D eigenvalue weighted by molar-refractivity contribution is -0.150. The zero-order valence-electron chi connectivity index (χ0n) is 20.7. The monoisotopic (exact) mass is 600 g/mol. The number of aliphatic carboxylic acids is 1. The summed E-state index contributed by atoms with van der Waals surface area (Å²) in [7, 11) is 0. The van der Waals surface area contributed by atoms with Gasteiger partial charge in [-0.15, -0.1) is 23.1 Å². The Labute approximate surface area is 237 Å². The molecule has 41 heavy (non-hydrogen) atoms. The second kappa shape index (κ2) is 10.9. The first-order valence-electron chi connectivity index (χ1n) is 11.6. The Kier molecular flexibility index (Phi) is 7.29. The number of carbonyl (C=O) groups excluding carboxylic acids is 2. The minimum absolute atomic E-state index is 0.0442. The number of thiazole rings is 1. The van der Waals surface area contributed by atoms with Crippen molar-refractivity contribution in [2.24, 2.45) is 0 Å². The van der Waals surface area contributed by atoms with Gasteiger partial charge in [0.25, 0.3) is 11.8 Å². The average molecular weight is 601 g/mol. The number of hydrogen-bond donors (Lipinski definition) is 5. The fraction of sp³-hybridized carbons (Fsp3) is 0.167.